The van der Waals surface area contributed by atoms with Crippen molar-refractivity contribution in [2.45, 2.75) is 32.1 Å². The first-order valence-electron chi connectivity index (χ1n) is 10.5. The molecule has 0 unspecified atom stereocenters. The van der Waals surface area contributed by atoms with E-state index in [0.29, 0.717) is 31.1 Å². The fourth-order valence-corrected chi connectivity index (χ4v) is 4.17. The van der Waals surface area contributed by atoms with Crippen molar-refractivity contribution in [3.63, 3.8) is 0 Å². The molecule has 1 aliphatic heterocycles. The smallest absolute Gasteiger partial charge is 0.274 e. The molecular formula is C24H23FN4O2. The predicted octanol–water partition coefficient (Wildman–Crippen LogP) is 4.38. The SMILES string of the molecule is Cc1cccc2nc(C(=O)N3CCC[C@@H](c4ncc(Cc5ccc(F)cc5)o4)C3)cn12. The highest BCUT2D eigenvalue weighted by Gasteiger charge is 2.29. The molecule has 5 rings (SSSR count). The van der Waals surface area contributed by atoms with E-state index in [2.05, 4.69) is 9.97 Å². The summed E-state index contributed by atoms with van der Waals surface area (Å²) in [7, 11) is 0. The fraction of sp³-hybridized carbons (Fsp3) is 0.292. The Morgan fingerprint density at radius 2 is 2.06 bits per heavy atom. The van der Waals surface area contributed by atoms with Crippen molar-refractivity contribution < 1.29 is 13.6 Å². The minimum atomic E-state index is -0.255. The molecule has 3 aromatic heterocycles. The zero-order valence-corrected chi connectivity index (χ0v) is 17.3. The number of hydrogen-bond acceptors (Lipinski definition) is 4. The van der Waals surface area contributed by atoms with Crippen LogP contribution in [0, 0.1) is 12.7 Å². The molecule has 6 nitrogen and oxygen atoms in total. The van der Waals surface area contributed by atoms with E-state index in [1.807, 2.05) is 40.6 Å². The number of oxazole rings is 1. The lowest BCUT2D eigenvalue weighted by atomic mass is 9.98. The first kappa shape index (κ1) is 19.5. The molecule has 4 heterocycles. The molecule has 0 radical (unpaired) electrons. The normalized spacial score (nSPS) is 16.7. The maximum absolute atomic E-state index is 13.1. The molecule has 0 spiro atoms. The first-order chi connectivity index (χ1) is 15.1. The van der Waals surface area contributed by atoms with Crippen LogP contribution in [0.4, 0.5) is 4.39 Å². The number of carbonyl (C=O) groups excluding carboxylic acids is 1. The first-order valence-corrected chi connectivity index (χ1v) is 10.5. The van der Waals surface area contributed by atoms with Crippen LogP contribution < -0.4 is 0 Å². The van der Waals surface area contributed by atoms with E-state index >= 15 is 0 Å². The second-order valence-electron chi connectivity index (χ2n) is 8.08. The van der Waals surface area contributed by atoms with Crippen LogP contribution in [0.3, 0.4) is 0 Å². The zero-order chi connectivity index (χ0) is 21.4. The largest absolute Gasteiger partial charge is 0.445 e. The molecule has 158 valence electrons. The van der Waals surface area contributed by atoms with Crippen molar-refractivity contribution in [2.24, 2.45) is 0 Å². The molecule has 1 saturated heterocycles. The van der Waals surface area contributed by atoms with E-state index in [9.17, 15) is 9.18 Å². The Morgan fingerprint density at radius 1 is 1.23 bits per heavy atom. The van der Waals surface area contributed by atoms with Gasteiger partial charge in [-0.15, -0.1) is 0 Å². The third-order valence-corrected chi connectivity index (χ3v) is 5.84. The van der Waals surface area contributed by atoms with Gasteiger partial charge in [0.15, 0.2) is 5.89 Å². The second kappa shape index (κ2) is 7.98. The third kappa shape index (κ3) is 3.95. The van der Waals surface area contributed by atoms with Gasteiger partial charge in [-0.25, -0.2) is 14.4 Å². The minimum Gasteiger partial charge on any atom is -0.445 e. The number of nitrogens with zero attached hydrogens (tertiary/aromatic N) is 4. The summed E-state index contributed by atoms with van der Waals surface area (Å²) in [6.45, 7) is 3.25. The Balaban J connectivity index is 1.29. The standard InChI is InChI=1S/C24H23FN4O2/c1-16-4-2-6-22-27-21(15-29(16)22)24(30)28-11-3-5-18(14-28)23-26-13-20(31-23)12-17-7-9-19(25)10-8-17/h2,4,6-10,13,15,18H,3,5,11-12,14H2,1H3/t18-/m1/s1. The van der Waals surface area contributed by atoms with Crippen molar-refractivity contribution in [3.05, 3.63) is 89.3 Å². The number of likely N-dealkylation sites (tertiary alicyclic amines) is 1. The number of carbonyl (C=O) groups is 1. The van der Waals surface area contributed by atoms with Crippen LogP contribution in [0.5, 0.6) is 0 Å². The number of benzene rings is 1. The van der Waals surface area contributed by atoms with E-state index in [4.69, 9.17) is 4.42 Å². The summed E-state index contributed by atoms with van der Waals surface area (Å²) in [5.74, 6) is 1.13. The van der Waals surface area contributed by atoms with Crippen LogP contribution in [-0.4, -0.2) is 38.3 Å². The molecule has 0 N–H and O–H groups in total. The fourth-order valence-electron chi connectivity index (χ4n) is 4.17. The van der Waals surface area contributed by atoms with Crippen molar-refractivity contribution in [1.82, 2.24) is 19.3 Å². The molecule has 1 aliphatic rings. The highest BCUT2D eigenvalue weighted by Crippen LogP contribution is 2.28. The van der Waals surface area contributed by atoms with Crippen molar-refractivity contribution in [3.8, 4) is 0 Å². The van der Waals surface area contributed by atoms with Gasteiger partial charge in [0.05, 0.1) is 12.1 Å². The minimum absolute atomic E-state index is 0.0541. The van der Waals surface area contributed by atoms with Gasteiger partial charge in [-0.1, -0.05) is 18.2 Å². The number of pyridine rings is 1. The highest BCUT2D eigenvalue weighted by molar-refractivity contribution is 5.93. The van der Waals surface area contributed by atoms with Gasteiger partial charge >= 0.3 is 0 Å². The number of amides is 1. The summed E-state index contributed by atoms with van der Waals surface area (Å²) in [5, 5.41) is 0. The molecule has 7 heteroatoms. The van der Waals surface area contributed by atoms with Crippen LogP contribution in [-0.2, 0) is 6.42 Å². The number of halogens is 1. The van der Waals surface area contributed by atoms with Crippen molar-refractivity contribution >= 4 is 11.6 Å². The monoisotopic (exact) mass is 418 g/mol. The van der Waals surface area contributed by atoms with Crippen LogP contribution >= 0.6 is 0 Å². The average Bonchev–Trinajstić information content (AvgIpc) is 3.43. The lowest BCUT2D eigenvalue weighted by Gasteiger charge is -2.30. The van der Waals surface area contributed by atoms with Gasteiger partial charge in [0.1, 0.15) is 22.9 Å². The Hall–Kier alpha value is -3.48. The summed E-state index contributed by atoms with van der Waals surface area (Å²) in [4.78, 5) is 23.9. The van der Waals surface area contributed by atoms with E-state index < -0.39 is 0 Å². The zero-order valence-electron chi connectivity index (χ0n) is 17.3. The number of fused-ring (bicyclic) bond motifs is 1. The van der Waals surface area contributed by atoms with E-state index in [1.54, 1.807) is 18.3 Å². The van der Waals surface area contributed by atoms with Crippen molar-refractivity contribution in [2.75, 3.05) is 13.1 Å². The molecule has 0 aliphatic carbocycles. The van der Waals surface area contributed by atoms with Gasteiger partial charge in [0.2, 0.25) is 0 Å². The number of hydrogen-bond donors (Lipinski definition) is 0. The lowest BCUT2D eigenvalue weighted by molar-refractivity contribution is 0.0692. The lowest BCUT2D eigenvalue weighted by Crippen LogP contribution is -2.39. The number of rotatable bonds is 4. The third-order valence-electron chi connectivity index (χ3n) is 5.84. The van der Waals surface area contributed by atoms with E-state index in [1.165, 1.54) is 12.1 Å². The van der Waals surface area contributed by atoms with E-state index in [0.717, 1.165) is 35.5 Å². The second-order valence-corrected chi connectivity index (χ2v) is 8.08. The molecule has 0 bridgehead atoms. The van der Waals surface area contributed by atoms with Crippen molar-refractivity contribution in [1.29, 1.82) is 0 Å². The number of aryl methyl sites for hydroxylation is 1. The molecule has 1 fully saturated rings. The molecule has 31 heavy (non-hydrogen) atoms. The number of piperidine rings is 1. The van der Waals surface area contributed by atoms with Gasteiger partial charge in [0.25, 0.3) is 5.91 Å². The van der Waals surface area contributed by atoms with Gasteiger partial charge in [-0.05, 0) is 49.6 Å². The molecular weight excluding hydrogens is 395 g/mol. The summed E-state index contributed by atoms with van der Waals surface area (Å²) in [6.07, 6.45) is 5.90. The summed E-state index contributed by atoms with van der Waals surface area (Å²) >= 11 is 0. The van der Waals surface area contributed by atoms with Crippen LogP contribution in [0.25, 0.3) is 5.65 Å². The van der Waals surface area contributed by atoms with Crippen LogP contribution in [0.15, 0.2) is 59.3 Å². The molecule has 0 saturated carbocycles. The molecule has 1 atom stereocenters. The predicted molar refractivity (Wildman–Crippen MR) is 114 cm³/mol. The molecule has 4 aromatic rings. The Morgan fingerprint density at radius 3 is 2.87 bits per heavy atom. The Bertz CT molecular complexity index is 1230. The van der Waals surface area contributed by atoms with Gasteiger partial charge in [-0.2, -0.15) is 0 Å². The molecule has 1 amide bonds. The average molecular weight is 418 g/mol. The highest BCUT2D eigenvalue weighted by atomic mass is 19.1. The summed E-state index contributed by atoms with van der Waals surface area (Å²) in [5.41, 5.74) is 3.23. The van der Waals surface area contributed by atoms with Crippen LogP contribution in [0.1, 0.15) is 52.2 Å². The summed E-state index contributed by atoms with van der Waals surface area (Å²) in [6, 6.07) is 12.2. The quantitative estimate of drug-likeness (QED) is 0.493. The maximum Gasteiger partial charge on any atom is 0.274 e. The van der Waals surface area contributed by atoms with Gasteiger partial charge < -0.3 is 13.7 Å². The summed E-state index contributed by atoms with van der Waals surface area (Å²) < 4.78 is 21.0. The number of aromatic nitrogens is 3. The topological polar surface area (TPSA) is 63.6 Å². The molecule has 1 aromatic carbocycles. The Labute approximate surface area is 179 Å². The van der Waals surface area contributed by atoms with Crippen LogP contribution in [0.2, 0.25) is 0 Å². The Kier molecular flexibility index (Phi) is 5.02. The number of imidazole rings is 1. The maximum atomic E-state index is 13.1. The van der Waals surface area contributed by atoms with E-state index in [-0.39, 0.29) is 17.6 Å². The van der Waals surface area contributed by atoms with Gasteiger partial charge in [-0.3, -0.25) is 4.79 Å². The van der Waals surface area contributed by atoms with Gasteiger partial charge in [0, 0.05) is 31.4 Å².